The Morgan fingerprint density at radius 3 is 2.82 bits per heavy atom. The molecule has 0 amide bonds. The van der Waals surface area contributed by atoms with Crippen molar-refractivity contribution in [1.29, 1.82) is 0 Å². The number of carbonyl (C=O) groups is 1. The van der Waals surface area contributed by atoms with E-state index < -0.39 is 5.97 Å². The van der Waals surface area contributed by atoms with Gasteiger partial charge in [0.25, 0.3) is 0 Å². The van der Waals surface area contributed by atoms with Crippen molar-refractivity contribution >= 4 is 28.3 Å². The van der Waals surface area contributed by atoms with Gasteiger partial charge in [0.1, 0.15) is 16.9 Å². The number of thiophene rings is 1. The largest absolute Gasteiger partial charge is 0.462 e. The highest BCUT2D eigenvalue weighted by Crippen LogP contribution is 2.27. The van der Waals surface area contributed by atoms with Crippen molar-refractivity contribution in [3.05, 3.63) is 57.3 Å². The number of rotatable bonds is 3. The van der Waals surface area contributed by atoms with Gasteiger partial charge in [-0.2, -0.15) is 0 Å². The highest BCUT2D eigenvalue weighted by molar-refractivity contribution is 7.13. The van der Waals surface area contributed by atoms with E-state index in [-0.39, 0.29) is 23.4 Å². The Morgan fingerprint density at radius 2 is 2.14 bits per heavy atom. The van der Waals surface area contributed by atoms with Crippen molar-refractivity contribution < 1.29 is 13.9 Å². The number of fused-ring (bicyclic) bond motifs is 1. The second-order valence-electron chi connectivity index (χ2n) is 4.77. The lowest BCUT2D eigenvalue weighted by molar-refractivity contribution is 0.0521. The molecule has 4 nitrogen and oxygen atoms in total. The van der Waals surface area contributed by atoms with Crippen molar-refractivity contribution in [3.63, 3.8) is 0 Å². The van der Waals surface area contributed by atoms with Crippen LogP contribution in [-0.2, 0) is 4.74 Å². The van der Waals surface area contributed by atoms with E-state index >= 15 is 0 Å². The molecule has 0 bridgehead atoms. The van der Waals surface area contributed by atoms with Crippen LogP contribution < -0.4 is 5.43 Å². The van der Waals surface area contributed by atoms with E-state index in [4.69, 9.17) is 9.15 Å². The van der Waals surface area contributed by atoms with Gasteiger partial charge in [0, 0.05) is 4.88 Å². The van der Waals surface area contributed by atoms with Gasteiger partial charge >= 0.3 is 5.97 Å². The fourth-order valence-corrected chi connectivity index (χ4v) is 3.07. The number of benzene rings is 1. The Kier molecular flexibility index (Phi) is 3.81. The van der Waals surface area contributed by atoms with Crippen molar-refractivity contribution in [2.24, 2.45) is 0 Å². The second-order valence-corrected chi connectivity index (χ2v) is 5.72. The molecule has 0 aliphatic rings. The molecule has 3 rings (SSSR count). The van der Waals surface area contributed by atoms with E-state index in [0.717, 1.165) is 10.4 Å². The van der Waals surface area contributed by atoms with Crippen LogP contribution in [0.1, 0.15) is 23.0 Å². The van der Waals surface area contributed by atoms with Crippen molar-refractivity contribution in [1.82, 2.24) is 0 Å². The molecule has 0 aliphatic heterocycles. The maximum atomic E-state index is 12.6. The van der Waals surface area contributed by atoms with Crippen LogP contribution in [0.15, 0.2) is 44.9 Å². The Bertz CT molecular complexity index is 891. The summed E-state index contributed by atoms with van der Waals surface area (Å²) in [6.45, 7) is 3.51. The zero-order valence-corrected chi connectivity index (χ0v) is 13.0. The Labute approximate surface area is 131 Å². The smallest absolute Gasteiger partial charge is 0.345 e. The monoisotopic (exact) mass is 314 g/mol. The number of ether oxygens (including phenoxy) is 1. The molecular formula is C17H14O4S. The van der Waals surface area contributed by atoms with Gasteiger partial charge in [-0.1, -0.05) is 6.07 Å². The van der Waals surface area contributed by atoms with Gasteiger partial charge in [-0.3, -0.25) is 4.79 Å². The fourth-order valence-electron chi connectivity index (χ4n) is 2.34. The van der Waals surface area contributed by atoms with Crippen molar-refractivity contribution in [2.45, 2.75) is 13.8 Å². The quantitative estimate of drug-likeness (QED) is 0.685. The molecule has 3 aromatic rings. The summed E-state index contributed by atoms with van der Waals surface area (Å²) in [7, 11) is 0. The van der Waals surface area contributed by atoms with Gasteiger partial charge in [0.05, 0.1) is 12.0 Å². The molecular weight excluding hydrogens is 300 g/mol. The molecule has 0 aliphatic carbocycles. The zero-order chi connectivity index (χ0) is 15.7. The lowest BCUT2D eigenvalue weighted by Gasteiger charge is -2.07. The fraction of sp³-hybridized carbons (Fsp3) is 0.176. The van der Waals surface area contributed by atoms with E-state index in [9.17, 15) is 9.59 Å². The average molecular weight is 314 g/mol. The van der Waals surface area contributed by atoms with Gasteiger partial charge in [0.2, 0.25) is 5.43 Å². The highest BCUT2D eigenvalue weighted by atomic mass is 32.1. The van der Waals surface area contributed by atoms with E-state index in [2.05, 4.69) is 0 Å². The van der Waals surface area contributed by atoms with Crippen LogP contribution in [-0.4, -0.2) is 12.6 Å². The molecule has 2 heterocycles. The highest BCUT2D eigenvalue weighted by Gasteiger charge is 2.20. The summed E-state index contributed by atoms with van der Waals surface area (Å²) in [5, 5.41) is 2.36. The Hall–Kier alpha value is -2.40. The normalized spacial score (nSPS) is 10.8. The molecule has 0 saturated heterocycles. The van der Waals surface area contributed by atoms with Gasteiger partial charge in [0.15, 0.2) is 0 Å². The Morgan fingerprint density at radius 1 is 1.32 bits per heavy atom. The summed E-state index contributed by atoms with van der Waals surface area (Å²) in [4.78, 5) is 25.6. The summed E-state index contributed by atoms with van der Waals surface area (Å²) in [5.74, 6) is -0.364. The first-order valence-corrected chi connectivity index (χ1v) is 7.78. The first kappa shape index (κ1) is 14.5. The summed E-state index contributed by atoms with van der Waals surface area (Å²) in [6, 6.07) is 9.35. The number of hydrogen-bond acceptors (Lipinski definition) is 5. The van der Waals surface area contributed by atoms with Crippen LogP contribution >= 0.6 is 11.3 Å². The standard InChI is InChI=1S/C17H14O4S/c1-3-20-17(19)15-10(2)21-13-7-6-11(9-12(13)16(15)18)14-5-4-8-22-14/h4-9H,3H2,1-2H3. The minimum atomic E-state index is -0.642. The maximum Gasteiger partial charge on any atom is 0.345 e. The predicted molar refractivity (Wildman–Crippen MR) is 86.5 cm³/mol. The molecule has 5 heteroatoms. The number of aryl methyl sites for hydroxylation is 1. The first-order valence-electron chi connectivity index (χ1n) is 6.90. The number of hydrogen-bond donors (Lipinski definition) is 0. The van der Waals surface area contributed by atoms with Crippen LogP contribution in [0.3, 0.4) is 0 Å². The summed E-state index contributed by atoms with van der Waals surface area (Å²) >= 11 is 1.59. The molecule has 0 spiro atoms. The van der Waals surface area contributed by atoms with Crippen LogP contribution in [0.25, 0.3) is 21.4 Å². The third kappa shape index (κ3) is 2.44. The molecule has 0 N–H and O–H groups in total. The first-order chi connectivity index (χ1) is 10.6. The molecule has 0 radical (unpaired) electrons. The third-order valence-electron chi connectivity index (χ3n) is 3.35. The molecule has 0 unspecified atom stereocenters. The molecule has 0 saturated carbocycles. The molecule has 22 heavy (non-hydrogen) atoms. The van der Waals surface area contributed by atoms with Gasteiger partial charge in [-0.15, -0.1) is 11.3 Å². The average Bonchev–Trinajstić information content (AvgIpc) is 3.01. The predicted octanol–water partition coefficient (Wildman–Crippen LogP) is 4.01. The van der Waals surface area contributed by atoms with Crippen LogP contribution in [0, 0.1) is 6.92 Å². The minimum Gasteiger partial charge on any atom is -0.462 e. The van der Waals surface area contributed by atoms with E-state index in [1.165, 1.54) is 0 Å². The summed E-state index contributed by atoms with van der Waals surface area (Å²) < 4.78 is 10.6. The van der Waals surface area contributed by atoms with E-state index in [1.807, 2.05) is 23.6 Å². The molecule has 112 valence electrons. The topological polar surface area (TPSA) is 56.5 Å². The van der Waals surface area contributed by atoms with E-state index in [1.54, 1.807) is 37.3 Å². The molecule has 0 fully saturated rings. The number of esters is 1. The molecule has 0 atom stereocenters. The zero-order valence-electron chi connectivity index (χ0n) is 12.2. The molecule has 2 aromatic heterocycles. The van der Waals surface area contributed by atoms with Crippen LogP contribution in [0.5, 0.6) is 0 Å². The second kappa shape index (κ2) is 5.77. The lowest BCUT2D eigenvalue weighted by atomic mass is 10.1. The van der Waals surface area contributed by atoms with Crippen LogP contribution in [0.2, 0.25) is 0 Å². The lowest BCUT2D eigenvalue weighted by Crippen LogP contribution is -2.19. The molecule has 1 aromatic carbocycles. The SMILES string of the molecule is CCOC(=O)c1c(C)oc2ccc(-c3cccs3)cc2c1=O. The van der Waals surface area contributed by atoms with Gasteiger partial charge < -0.3 is 9.15 Å². The van der Waals surface area contributed by atoms with Gasteiger partial charge in [-0.25, -0.2) is 4.79 Å². The maximum absolute atomic E-state index is 12.6. The van der Waals surface area contributed by atoms with Crippen LogP contribution in [0.4, 0.5) is 0 Å². The van der Waals surface area contributed by atoms with Crippen molar-refractivity contribution in [2.75, 3.05) is 6.61 Å². The van der Waals surface area contributed by atoms with E-state index in [0.29, 0.717) is 11.0 Å². The van der Waals surface area contributed by atoms with Gasteiger partial charge in [-0.05, 0) is 49.1 Å². The van der Waals surface area contributed by atoms with Crippen molar-refractivity contribution in [3.8, 4) is 10.4 Å². The summed E-state index contributed by atoms with van der Waals surface area (Å²) in [5.41, 5.74) is 1.01. The third-order valence-corrected chi connectivity index (χ3v) is 4.27. The minimum absolute atomic E-state index is 0.0299. The summed E-state index contributed by atoms with van der Waals surface area (Å²) in [6.07, 6.45) is 0. The Balaban J connectivity index is 2.23. The number of carbonyl (C=O) groups excluding carboxylic acids is 1.